The van der Waals surface area contributed by atoms with Crippen LogP contribution in [0.2, 0.25) is 0 Å². The average Bonchev–Trinajstić information content (AvgIpc) is 3.06. The molecular formula is C20H36N2O4. The summed E-state index contributed by atoms with van der Waals surface area (Å²) in [7, 11) is 0. The number of amides is 1. The second kappa shape index (κ2) is 7.64. The first-order valence-electron chi connectivity index (χ1n) is 10.2. The van der Waals surface area contributed by atoms with Gasteiger partial charge < -0.3 is 19.5 Å². The lowest BCUT2D eigenvalue weighted by Crippen LogP contribution is -2.51. The van der Waals surface area contributed by atoms with Crippen molar-refractivity contribution in [3.8, 4) is 0 Å². The van der Waals surface area contributed by atoms with Crippen molar-refractivity contribution in [1.29, 1.82) is 0 Å². The number of hydrogen-bond acceptors (Lipinski definition) is 5. The summed E-state index contributed by atoms with van der Waals surface area (Å²) < 4.78 is 11.3. The fourth-order valence-electron chi connectivity index (χ4n) is 5.56. The largest absolute Gasteiger partial charge is 0.450 e. The van der Waals surface area contributed by atoms with E-state index in [1.165, 1.54) is 19.3 Å². The smallest absolute Gasteiger partial charge is 0.409 e. The zero-order valence-electron chi connectivity index (χ0n) is 16.9. The predicted molar refractivity (Wildman–Crippen MR) is 100 cm³/mol. The van der Waals surface area contributed by atoms with Gasteiger partial charge in [-0.1, -0.05) is 20.8 Å². The van der Waals surface area contributed by atoms with Crippen molar-refractivity contribution in [3.05, 3.63) is 0 Å². The summed E-state index contributed by atoms with van der Waals surface area (Å²) in [4.78, 5) is 15.7. The maximum Gasteiger partial charge on any atom is 0.409 e. The van der Waals surface area contributed by atoms with Crippen LogP contribution in [0.1, 0.15) is 47.0 Å². The predicted octanol–water partition coefficient (Wildman–Crippen LogP) is 2.35. The Hall–Kier alpha value is -0.850. The third-order valence-corrected chi connectivity index (χ3v) is 6.96. The summed E-state index contributed by atoms with van der Waals surface area (Å²) in [5.74, 6) is 0.755. The number of piperazine rings is 1. The van der Waals surface area contributed by atoms with E-state index < -0.39 is 6.10 Å². The molecule has 150 valence electrons. The van der Waals surface area contributed by atoms with Gasteiger partial charge in [0.2, 0.25) is 0 Å². The molecule has 3 fully saturated rings. The highest BCUT2D eigenvalue weighted by atomic mass is 16.6. The van der Waals surface area contributed by atoms with Gasteiger partial charge in [-0.3, -0.25) is 4.90 Å². The maximum absolute atomic E-state index is 11.7. The van der Waals surface area contributed by atoms with E-state index in [1.807, 2.05) is 6.92 Å². The van der Waals surface area contributed by atoms with E-state index in [2.05, 4.69) is 25.7 Å². The molecule has 1 aliphatic heterocycles. The molecule has 2 bridgehead atoms. The van der Waals surface area contributed by atoms with E-state index in [9.17, 15) is 9.90 Å². The van der Waals surface area contributed by atoms with Gasteiger partial charge in [-0.2, -0.15) is 0 Å². The van der Waals surface area contributed by atoms with Crippen molar-refractivity contribution in [2.45, 2.75) is 59.2 Å². The van der Waals surface area contributed by atoms with E-state index in [0.29, 0.717) is 32.8 Å². The van der Waals surface area contributed by atoms with Gasteiger partial charge >= 0.3 is 6.09 Å². The monoisotopic (exact) mass is 368 g/mol. The zero-order chi connectivity index (χ0) is 18.9. The van der Waals surface area contributed by atoms with Crippen LogP contribution >= 0.6 is 0 Å². The van der Waals surface area contributed by atoms with E-state index in [4.69, 9.17) is 9.47 Å². The first kappa shape index (κ1) is 19.9. The van der Waals surface area contributed by atoms with Gasteiger partial charge in [0.1, 0.15) is 0 Å². The lowest BCUT2D eigenvalue weighted by molar-refractivity contribution is -0.114. The van der Waals surface area contributed by atoms with E-state index in [-0.39, 0.29) is 23.0 Å². The molecule has 4 atom stereocenters. The molecular weight excluding hydrogens is 332 g/mol. The number of aliphatic hydroxyl groups excluding tert-OH is 1. The topological polar surface area (TPSA) is 62.2 Å². The average molecular weight is 369 g/mol. The number of aliphatic hydroxyl groups is 1. The number of rotatable bonds is 6. The number of fused-ring (bicyclic) bond motifs is 2. The minimum atomic E-state index is -0.484. The number of β-amino-alcohol motifs (C(OH)–C–C–N with tert-alkyl or cyclic N) is 1. The summed E-state index contributed by atoms with van der Waals surface area (Å²) in [6.07, 6.45) is 3.35. The van der Waals surface area contributed by atoms with Gasteiger partial charge in [0.15, 0.2) is 0 Å². The summed E-state index contributed by atoms with van der Waals surface area (Å²) in [5.41, 5.74) is 0.483. The Morgan fingerprint density at radius 3 is 2.50 bits per heavy atom. The normalized spacial score (nSPS) is 34.9. The van der Waals surface area contributed by atoms with Crippen LogP contribution < -0.4 is 0 Å². The molecule has 6 nitrogen and oxygen atoms in total. The fourth-order valence-corrected chi connectivity index (χ4v) is 5.56. The van der Waals surface area contributed by atoms with Crippen LogP contribution in [-0.4, -0.2) is 79.1 Å². The Balaban J connectivity index is 1.41. The molecule has 0 aromatic carbocycles. The van der Waals surface area contributed by atoms with Crippen LogP contribution in [0.15, 0.2) is 0 Å². The molecule has 26 heavy (non-hydrogen) atoms. The van der Waals surface area contributed by atoms with E-state index in [1.54, 1.807) is 4.90 Å². The summed E-state index contributed by atoms with van der Waals surface area (Å²) >= 11 is 0. The molecule has 0 radical (unpaired) electrons. The molecule has 1 amide bonds. The quantitative estimate of drug-likeness (QED) is 0.780. The molecule has 1 heterocycles. The third kappa shape index (κ3) is 3.87. The van der Waals surface area contributed by atoms with Crippen LogP contribution in [0.4, 0.5) is 4.79 Å². The Morgan fingerprint density at radius 2 is 1.92 bits per heavy atom. The van der Waals surface area contributed by atoms with Gasteiger partial charge in [0.25, 0.3) is 0 Å². The highest BCUT2D eigenvalue weighted by Gasteiger charge is 2.60. The Kier molecular flexibility index (Phi) is 5.85. The van der Waals surface area contributed by atoms with E-state index >= 15 is 0 Å². The fraction of sp³-hybridized carbons (Fsp3) is 0.950. The standard InChI is InChI=1S/C20H36N2O4/c1-5-25-18(24)22-10-8-21(9-11-22)13-16(23)14-26-17-19(2,3)15-6-7-20(17,4)12-15/h15-17,23H,5-14H2,1-4H3/t15-,16-,17+,20+/m0/s1. The highest BCUT2D eigenvalue weighted by Crippen LogP contribution is 2.63. The molecule has 0 aromatic rings. The van der Waals surface area contributed by atoms with Gasteiger partial charge in [-0.15, -0.1) is 0 Å². The number of nitrogens with zero attached hydrogens (tertiary/aromatic N) is 2. The van der Waals surface area contributed by atoms with Gasteiger partial charge in [-0.25, -0.2) is 4.79 Å². The van der Waals surface area contributed by atoms with Crippen molar-refractivity contribution < 1.29 is 19.4 Å². The Morgan fingerprint density at radius 1 is 1.23 bits per heavy atom. The first-order valence-corrected chi connectivity index (χ1v) is 10.2. The Labute approximate surface area is 157 Å². The molecule has 0 spiro atoms. The third-order valence-electron chi connectivity index (χ3n) is 6.96. The van der Waals surface area contributed by atoms with E-state index in [0.717, 1.165) is 19.0 Å². The van der Waals surface area contributed by atoms with Crippen LogP contribution in [0.3, 0.4) is 0 Å². The van der Waals surface area contributed by atoms with Crippen LogP contribution in [0, 0.1) is 16.7 Å². The maximum atomic E-state index is 11.7. The molecule has 2 aliphatic carbocycles. The van der Waals surface area contributed by atoms with Gasteiger partial charge in [0.05, 0.1) is 25.4 Å². The highest BCUT2D eigenvalue weighted by molar-refractivity contribution is 5.67. The molecule has 0 aromatic heterocycles. The van der Waals surface area contributed by atoms with Crippen molar-refractivity contribution >= 4 is 6.09 Å². The Bertz CT molecular complexity index is 499. The SMILES string of the molecule is CCOC(=O)N1CCN(C[C@H](O)CO[C@@H]2C(C)(C)[C@H]3CC[C@]2(C)C3)CC1. The molecule has 3 rings (SSSR count). The lowest BCUT2D eigenvalue weighted by Gasteiger charge is -2.43. The van der Waals surface area contributed by atoms with Crippen LogP contribution in [0.25, 0.3) is 0 Å². The molecule has 6 heteroatoms. The second-order valence-electron chi connectivity index (χ2n) is 9.27. The van der Waals surface area contributed by atoms with Crippen molar-refractivity contribution in [3.63, 3.8) is 0 Å². The molecule has 3 aliphatic rings. The number of carbonyl (C=O) groups is 1. The van der Waals surface area contributed by atoms with Crippen LogP contribution in [0.5, 0.6) is 0 Å². The molecule has 0 unspecified atom stereocenters. The molecule has 1 saturated heterocycles. The lowest BCUT2D eigenvalue weighted by atomic mass is 9.70. The second-order valence-corrected chi connectivity index (χ2v) is 9.27. The minimum Gasteiger partial charge on any atom is -0.450 e. The summed E-state index contributed by atoms with van der Waals surface area (Å²) in [6.45, 7) is 13.1. The van der Waals surface area contributed by atoms with Crippen LogP contribution in [-0.2, 0) is 9.47 Å². The van der Waals surface area contributed by atoms with Crippen molar-refractivity contribution in [1.82, 2.24) is 9.80 Å². The number of hydrogen-bond donors (Lipinski definition) is 1. The summed E-state index contributed by atoms with van der Waals surface area (Å²) in [5, 5.41) is 10.5. The number of ether oxygens (including phenoxy) is 2. The zero-order valence-corrected chi connectivity index (χ0v) is 16.9. The number of carbonyl (C=O) groups excluding carboxylic acids is 1. The minimum absolute atomic E-state index is 0.206. The van der Waals surface area contributed by atoms with Gasteiger partial charge in [0, 0.05) is 32.7 Å². The molecule has 1 N–H and O–H groups in total. The first-order chi connectivity index (χ1) is 12.3. The molecule has 2 saturated carbocycles. The summed E-state index contributed by atoms with van der Waals surface area (Å²) in [6, 6.07) is 0. The van der Waals surface area contributed by atoms with Gasteiger partial charge in [-0.05, 0) is 42.9 Å². The van der Waals surface area contributed by atoms with Crippen molar-refractivity contribution in [2.24, 2.45) is 16.7 Å². The van der Waals surface area contributed by atoms with Crippen molar-refractivity contribution in [2.75, 3.05) is 45.9 Å².